The third-order valence-corrected chi connectivity index (χ3v) is 6.12. The molecular weight excluding hydrogens is 274 g/mol. The summed E-state index contributed by atoms with van der Waals surface area (Å²) in [4.78, 5) is 3.44. The lowest BCUT2D eigenvalue weighted by Crippen LogP contribution is -2.34. The molecule has 112 valence electrons. The number of hydrogen-bond donors (Lipinski definition) is 2. The van der Waals surface area contributed by atoms with Crippen LogP contribution in [0.1, 0.15) is 37.8 Å². The molecule has 6 heteroatoms. The second-order valence-electron chi connectivity index (χ2n) is 6.10. The van der Waals surface area contributed by atoms with Crippen LogP contribution < -0.4 is 5.32 Å². The van der Waals surface area contributed by atoms with Gasteiger partial charge in [0.2, 0.25) is 10.0 Å². The Morgan fingerprint density at radius 1 is 1.35 bits per heavy atom. The lowest BCUT2D eigenvalue weighted by atomic mass is 9.86. The van der Waals surface area contributed by atoms with Crippen LogP contribution in [0.5, 0.6) is 0 Å². The summed E-state index contributed by atoms with van der Waals surface area (Å²) in [5.41, 5.74) is 0.938. The maximum absolute atomic E-state index is 12.5. The minimum Gasteiger partial charge on any atom is -0.363 e. The van der Waals surface area contributed by atoms with Crippen LogP contribution in [-0.2, 0) is 16.6 Å². The summed E-state index contributed by atoms with van der Waals surface area (Å²) in [5, 5.41) is 3.38. The van der Waals surface area contributed by atoms with Crippen molar-refractivity contribution < 1.29 is 8.42 Å². The molecule has 2 aliphatic rings. The Labute approximate surface area is 120 Å². The monoisotopic (exact) mass is 297 g/mol. The Balaban J connectivity index is 1.62. The first kappa shape index (κ1) is 14.1. The zero-order valence-corrected chi connectivity index (χ0v) is 12.7. The molecule has 0 radical (unpaired) electrons. The molecule has 2 aliphatic carbocycles. The minimum absolute atomic E-state index is 0.381. The van der Waals surface area contributed by atoms with E-state index in [1.807, 2.05) is 0 Å². The standard InChI is InChI=1S/C14H23N3O2S/c1-17(10-11-3-2-4-11)20(18,19)14-7-13(16-9-14)8-15-12-5-6-12/h7,9,11-12,15-16H,2-6,8,10H2,1H3. The second kappa shape index (κ2) is 5.50. The van der Waals surface area contributed by atoms with E-state index in [-0.39, 0.29) is 0 Å². The average Bonchev–Trinajstić information content (AvgIpc) is 3.07. The predicted molar refractivity (Wildman–Crippen MR) is 77.8 cm³/mol. The highest BCUT2D eigenvalue weighted by Crippen LogP contribution is 2.28. The zero-order chi connectivity index (χ0) is 14.2. The molecule has 0 atom stereocenters. The fourth-order valence-corrected chi connectivity index (χ4v) is 3.79. The Hall–Kier alpha value is -0.850. The molecule has 1 aromatic rings. The van der Waals surface area contributed by atoms with Crippen molar-refractivity contribution >= 4 is 10.0 Å². The molecule has 2 fully saturated rings. The first-order chi connectivity index (χ1) is 9.55. The van der Waals surface area contributed by atoms with Gasteiger partial charge in [0.1, 0.15) is 0 Å². The van der Waals surface area contributed by atoms with Crippen LogP contribution in [0, 0.1) is 5.92 Å². The maximum atomic E-state index is 12.5. The van der Waals surface area contributed by atoms with Crippen LogP contribution in [0.4, 0.5) is 0 Å². The lowest BCUT2D eigenvalue weighted by molar-refractivity contribution is 0.263. The molecule has 0 amide bonds. The van der Waals surface area contributed by atoms with Crippen molar-refractivity contribution in [3.8, 4) is 0 Å². The summed E-state index contributed by atoms with van der Waals surface area (Å²) in [7, 11) is -1.65. The highest BCUT2D eigenvalue weighted by molar-refractivity contribution is 7.89. The van der Waals surface area contributed by atoms with E-state index in [4.69, 9.17) is 0 Å². The van der Waals surface area contributed by atoms with Crippen molar-refractivity contribution in [2.45, 2.75) is 49.6 Å². The number of aromatic nitrogens is 1. The number of rotatable bonds is 7. The normalized spacial score (nSPS) is 20.3. The number of H-pyrrole nitrogens is 1. The molecule has 0 spiro atoms. The highest BCUT2D eigenvalue weighted by atomic mass is 32.2. The molecule has 0 aromatic carbocycles. The number of sulfonamides is 1. The van der Waals surface area contributed by atoms with Crippen LogP contribution in [-0.4, -0.2) is 37.3 Å². The molecule has 3 rings (SSSR count). The van der Waals surface area contributed by atoms with Crippen molar-refractivity contribution in [3.63, 3.8) is 0 Å². The predicted octanol–water partition coefficient (Wildman–Crippen LogP) is 1.69. The second-order valence-corrected chi connectivity index (χ2v) is 8.14. The van der Waals surface area contributed by atoms with Gasteiger partial charge in [0.25, 0.3) is 0 Å². The van der Waals surface area contributed by atoms with Crippen LogP contribution in [0.25, 0.3) is 0 Å². The number of nitrogens with one attached hydrogen (secondary N) is 2. The van der Waals surface area contributed by atoms with E-state index in [0.717, 1.165) is 18.5 Å². The quantitative estimate of drug-likeness (QED) is 0.805. The van der Waals surface area contributed by atoms with Crippen LogP contribution in [0.15, 0.2) is 17.2 Å². The largest absolute Gasteiger partial charge is 0.363 e. The Morgan fingerprint density at radius 3 is 2.70 bits per heavy atom. The molecular formula is C14H23N3O2S. The van der Waals surface area contributed by atoms with Gasteiger partial charge in [-0.1, -0.05) is 6.42 Å². The highest BCUT2D eigenvalue weighted by Gasteiger charge is 2.27. The van der Waals surface area contributed by atoms with Gasteiger partial charge < -0.3 is 10.3 Å². The van der Waals surface area contributed by atoms with E-state index in [0.29, 0.717) is 29.9 Å². The Kier molecular flexibility index (Phi) is 3.88. The van der Waals surface area contributed by atoms with E-state index in [1.165, 1.54) is 23.6 Å². The van der Waals surface area contributed by atoms with Crippen molar-refractivity contribution in [2.24, 2.45) is 5.92 Å². The van der Waals surface area contributed by atoms with Gasteiger partial charge in [-0.05, 0) is 37.7 Å². The van der Waals surface area contributed by atoms with E-state index in [2.05, 4.69) is 10.3 Å². The molecule has 0 bridgehead atoms. The zero-order valence-electron chi connectivity index (χ0n) is 11.9. The van der Waals surface area contributed by atoms with Crippen molar-refractivity contribution in [3.05, 3.63) is 18.0 Å². The number of hydrogen-bond acceptors (Lipinski definition) is 3. The SMILES string of the molecule is CN(CC1CCC1)S(=O)(=O)c1c[nH]c(CNC2CC2)c1. The number of aromatic amines is 1. The first-order valence-electron chi connectivity index (χ1n) is 7.43. The lowest BCUT2D eigenvalue weighted by Gasteiger charge is -2.29. The van der Waals surface area contributed by atoms with E-state index in [9.17, 15) is 8.42 Å². The molecule has 1 aromatic heterocycles. The molecule has 1 heterocycles. The van der Waals surface area contributed by atoms with Gasteiger partial charge in [-0.15, -0.1) is 0 Å². The van der Waals surface area contributed by atoms with Gasteiger partial charge in [-0.3, -0.25) is 0 Å². The molecule has 0 unspecified atom stereocenters. The van der Waals surface area contributed by atoms with Crippen LogP contribution in [0.3, 0.4) is 0 Å². The van der Waals surface area contributed by atoms with E-state index in [1.54, 1.807) is 19.3 Å². The smallest absolute Gasteiger partial charge is 0.244 e. The van der Waals surface area contributed by atoms with E-state index < -0.39 is 10.0 Å². The van der Waals surface area contributed by atoms with Crippen LogP contribution in [0.2, 0.25) is 0 Å². The summed E-state index contributed by atoms with van der Waals surface area (Å²) >= 11 is 0. The summed E-state index contributed by atoms with van der Waals surface area (Å²) in [5.74, 6) is 0.546. The third kappa shape index (κ3) is 3.07. The van der Waals surface area contributed by atoms with Crippen LogP contribution >= 0.6 is 0 Å². The molecule has 0 saturated heterocycles. The Morgan fingerprint density at radius 2 is 2.10 bits per heavy atom. The first-order valence-corrected chi connectivity index (χ1v) is 8.87. The molecule has 5 nitrogen and oxygen atoms in total. The molecule has 2 N–H and O–H groups in total. The summed E-state index contributed by atoms with van der Waals surface area (Å²) in [6.07, 6.45) is 7.62. The molecule has 20 heavy (non-hydrogen) atoms. The average molecular weight is 297 g/mol. The fourth-order valence-electron chi connectivity index (χ4n) is 2.53. The van der Waals surface area contributed by atoms with Gasteiger partial charge >= 0.3 is 0 Å². The van der Waals surface area contributed by atoms with Crippen molar-refractivity contribution in [1.82, 2.24) is 14.6 Å². The molecule has 0 aliphatic heterocycles. The fraction of sp³-hybridized carbons (Fsp3) is 0.714. The van der Waals surface area contributed by atoms with E-state index >= 15 is 0 Å². The molecule has 2 saturated carbocycles. The summed E-state index contributed by atoms with van der Waals surface area (Å²) < 4.78 is 26.4. The van der Waals surface area contributed by atoms with Gasteiger partial charge in [-0.2, -0.15) is 0 Å². The van der Waals surface area contributed by atoms with Gasteiger partial charge in [-0.25, -0.2) is 12.7 Å². The summed E-state index contributed by atoms with van der Waals surface area (Å²) in [6, 6.07) is 2.38. The summed E-state index contributed by atoms with van der Waals surface area (Å²) in [6.45, 7) is 1.36. The van der Waals surface area contributed by atoms with Gasteiger partial charge in [0, 0.05) is 38.1 Å². The number of nitrogens with zero attached hydrogens (tertiary/aromatic N) is 1. The van der Waals surface area contributed by atoms with Crippen molar-refractivity contribution in [1.29, 1.82) is 0 Å². The van der Waals surface area contributed by atoms with Gasteiger partial charge in [0.05, 0.1) is 4.90 Å². The third-order valence-electron chi connectivity index (χ3n) is 4.32. The Bertz CT molecular complexity index is 559. The topological polar surface area (TPSA) is 65.2 Å². The van der Waals surface area contributed by atoms with Gasteiger partial charge in [0.15, 0.2) is 0 Å². The minimum atomic E-state index is -3.34. The maximum Gasteiger partial charge on any atom is 0.244 e. The van der Waals surface area contributed by atoms with Crippen molar-refractivity contribution in [2.75, 3.05) is 13.6 Å².